The normalized spacial score (nSPS) is 19.7. The van der Waals surface area contributed by atoms with Crippen LogP contribution in [0.4, 0.5) is 0 Å². The molecular weight excluding hydrogens is 226 g/mol. The maximum atomic E-state index is 9.29. The Balaban J connectivity index is 2.03. The number of thioether (sulfide) groups is 1. The first-order valence-electron chi connectivity index (χ1n) is 5.57. The molecule has 3 N–H and O–H groups in total. The summed E-state index contributed by atoms with van der Waals surface area (Å²) in [6, 6.07) is 0.425. The van der Waals surface area contributed by atoms with Crippen molar-refractivity contribution in [1.82, 2.24) is 20.2 Å². The molecule has 1 aliphatic carbocycles. The number of nitrogens with zero attached hydrogens (tertiary/aromatic N) is 4. The van der Waals surface area contributed by atoms with E-state index in [2.05, 4.69) is 15.5 Å². The number of aliphatic hydroxyl groups is 1. The van der Waals surface area contributed by atoms with Gasteiger partial charge in [0, 0.05) is 6.04 Å². The van der Waals surface area contributed by atoms with Crippen molar-refractivity contribution in [2.45, 2.75) is 48.7 Å². The van der Waals surface area contributed by atoms with Crippen molar-refractivity contribution in [3.05, 3.63) is 0 Å². The van der Waals surface area contributed by atoms with E-state index in [9.17, 15) is 5.11 Å². The lowest BCUT2D eigenvalue weighted by Gasteiger charge is -2.19. The number of tetrazole rings is 1. The van der Waals surface area contributed by atoms with Crippen molar-refractivity contribution in [3.63, 3.8) is 0 Å². The lowest BCUT2D eigenvalue weighted by atomic mass is 10.2. The molecule has 0 aliphatic heterocycles. The van der Waals surface area contributed by atoms with Crippen molar-refractivity contribution < 1.29 is 5.11 Å². The summed E-state index contributed by atoms with van der Waals surface area (Å²) in [7, 11) is 0. The smallest absolute Gasteiger partial charge is 0.209 e. The summed E-state index contributed by atoms with van der Waals surface area (Å²) in [6.07, 6.45) is 3.12. The summed E-state index contributed by atoms with van der Waals surface area (Å²) < 4.78 is 1.84. The first-order chi connectivity index (χ1) is 7.76. The molecule has 1 heterocycles. The summed E-state index contributed by atoms with van der Waals surface area (Å²) in [5.41, 5.74) is 5.93. The van der Waals surface area contributed by atoms with Crippen LogP contribution in [0.25, 0.3) is 0 Å². The van der Waals surface area contributed by atoms with E-state index >= 15 is 0 Å². The van der Waals surface area contributed by atoms with Crippen LogP contribution in [-0.4, -0.2) is 43.2 Å². The highest BCUT2D eigenvalue weighted by atomic mass is 32.2. The fourth-order valence-corrected chi connectivity index (χ4v) is 2.56. The van der Waals surface area contributed by atoms with Crippen LogP contribution in [0.15, 0.2) is 5.16 Å². The highest BCUT2D eigenvalue weighted by Gasteiger charge is 2.29. The summed E-state index contributed by atoms with van der Waals surface area (Å²) in [6.45, 7) is 2.06. The molecule has 1 fully saturated rings. The number of aliphatic hydroxyl groups excluding tert-OH is 1. The molecule has 0 amide bonds. The van der Waals surface area contributed by atoms with Gasteiger partial charge in [0.1, 0.15) is 0 Å². The second-order valence-corrected chi connectivity index (χ2v) is 5.25. The third-order valence-electron chi connectivity index (χ3n) is 2.74. The van der Waals surface area contributed by atoms with E-state index in [1.807, 2.05) is 11.6 Å². The zero-order valence-corrected chi connectivity index (χ0v) is 10.1. The number of hydrogen-bond acceptors (Lipinski definition) is 6. The van der Waals surface area contributed by atoms with E-state index < -0.39 is 0 Å². The van der Waals surface area contributed by atoms with E-state index in [1.165, 1.54) is 11.8 Å². The monoisotopic (exact) mass is 243 g/mol. The van der Waals surface area contributed by atoms with Crippen LogP contribution in [0.3, 0.4) is 0 Å². The van der Waals surface area contributed by atoms with Gasteiger partial charge in [-0.2, -0.15) is 0 Å². The molecule has 7 heteroatoms. The van der Waals surface area contributed by atoms with Crippen LogP contribution in [-0.2, 0) is 0 Å². The minimum atomic E-state index is -0.0338. The lowest BCUT2D eigenvalue weighted by molar-refractivity contribution is 0.280. The van der Waals surface area contributed by atoms with Crippen LogP contribution in [0.1, 0.15) is 32.2 Å². The molecule has 1 aromatic rings. The highest BCUT2D eigenvalue weighted by Crippen LogP contribution is 2.37. The van der Waals surface area contributed by atoms with Gasteiger partial charge in [-0.25, -0.2) is 4.68 Å². The van der Waals surface area contributed by atoms with Gasteiger partial charge in [0.25, 0.3) is 0 Å². The summed E-state index contributed by atoms with van der Waals surface area (Å²) in [5.74, 6) is 0. The number of hydrogen-bond donors (Lipinski definition) is 2. The van der Waals surface area contributed by atoms with Gasteiger partial charge in [-0.1, -0.05) is 18.7 Å². The Morgan fingerprint density at radius 1 is 1.62 bits per heavy atom. The molecule has 0 bridgehead atoms. The number of rotatable bonds is 6. The molecule has 6 nitrogen and oxygen atoms in total. The van der Waals surface area contributed by atoms with E-state index in [-0.39, 0.29) is 17.9 Å². The van der Waals surface area contributed by atoms with Crippen molar-refractivity contribution in [2.75, 3.05) is 6.61 Å². The van der Waals surface area contributed by atoms with Crippen LogP contribution < -0.4 is 5.73 Å². The minimum absolute atomic E-state index is 0.0284. The van der Waals surface area contributed by atoms with Gasteiger partial charge < -0.3 is 10.8 Å². The summed E-state index contributed by atoms with van der Waals surface area (Å²) >= 11 is 1.47. The lowest BCUT2D eigenvalue weighted by Crippen LogP contribution is -2.34. The molecule has 1 aliphatic rings. The molecule has 2 unspecified atom stereocenters. The fraction of sp³-hybridized carbons (Fsp3) is 0.889. The largest absolute Gasteiger partial charge is 0.395 e. The Morgan fingerprint density at radius 2 is 2.38 bits per heavy atom. The Hall–Kier alpha value is -0.660. The summed E-state index contributed by atoms with van der Waals surface area (Å²) in [4.78, 5) is 0. The first kappa shape index (κ1) is 11.8. The van der Waals surface area contributed by atoms with Crippen molar-refractivity contribution >= 4 is 11.8 Å². The zero-order chi connectivity index (χ0) is 11.5. The molecule has 2 rings (SSSR count). The second-order valence-electron chi connectivity index (χ2n) is 4.05. The Bertz CT molecular complexity index is 340. The fourth-order valence-electron chi connectivity index (χ4n) is 1.47. The molecule has 0 saturated heterocycles. The molecule has 1 aromatic heterocycles. The van der Waals surface area contributed by atoms with Crippen molar-refractivity contribution in [2.24, 2.45) is 5.73 Å². The van der Waals surface area contributed by atoms with Gasteiger partial charge in [0.2, 0.25) is 5.16 Å². The third kappa shape index (κ3) is 2.53. The average molecular weight is 243 g/mol. The standard InChI is InChI=1S/C9H17N5OS/c1-2-7(10)8(5-15)16-9-11-12-13-14(9)6-3-4-6/h6-8,15H,2-5,10H2,1H3. The van der Waals surface area contributed by atoms with E-state index in [1.54, 1.807) is 0 Å². The first-order valence-corrected chi connectivity index (χ1v) is 6.45. The van der Waals surface area contributed by atoms with Crippen LogP contribution in [0.2, 0.25) is 0 Å². The van der Waals surface area contributed by atoms with Gasteiger partial charge in [0.15, 0.2) is 0 Å². The molecule has 0 radical (unpaired) electrons. The topological polar surface area (TPSA) is 89.8 Å². The number of nitrogens with two attached hydrogens (primary N) is 1. The van der Waals surface area contributed by atoms with Crippen molar-refractivity contribution in [1.29, 1.82) is 0 Å². The Labute approximate surface area is 98.6 Å². The van der Waals surface area contributed by atoms with E-state index in [4.69, 9.17) is 5.73 Å². The molecule has 1 saturated carbocycles. The predicted molar refractivity (Wildman–Crippen MR) is 61.1 cm³/mol. The Kier molecular flexibility index (Phi) is 3.78. The van der Waals surface area contributed by atoms with Gasteiger partial charge in [-0.05, 0) is 29.7 Å². The second kappa shape index (κ2) is 5.11. The van der Waals surface area contributed by atoms with Gasteiger partial charge in [0.05, 0.1) is 17.9 Å². The minimum Gasteiger partial charge on any atom is -0.395 e. The van der Waals surface area contributed by atoms with Gasteiger partial charge in [-0.15, -0.1) is 5.10 Å². The molecule has 0 spiro atoms. The molecule has 16 heavy (non-hydrogen) atoms. The quantitative estimate of drug-likeness (QED) is 0.694. The highest BCUT2D eigenvalue weighted by molar-refractivity contribution is 7.99. The van der Waals surface area contributed by atoms with Gasteiger partial charge >= 0.3 is 0 Å². The zero-order valence-electron chi connectivity index (χ0n) is 9.28. The van der Waals surface area contributed by atoms with Gasteiger partial charge in [-0.3, -0.25) is 0 Å². The SMILES string of the molecule is CCC(N)C(CO)Sc1nnnn1C1CC1. The van der Waals surface area contributed by atoms with Crippen LogP contribution >= 0.6 is 11.8 Å². The van der Waals surface area contributed by atoms with E-state index in [0.29, 0.717) is 6.04 Å². The predicted octanol–water partition coefficient (Wildman–Crippen LogP) is 0.198. The third-order valence-corrected chi connectivity index (χ3v) is 4.02. The van der Waals surface area contributed by atoms with Crippen molar-refractivity contribution in [3.8, 4) is 0 Å². The van der Waals surface area contributed by atoms with Crippen LogP contribution in [0.5, 0.6) is 0 Å². The molecule has 90 valence electrons. The average Bonchev–Trinajstić information content (AvgIpc) is 3.05. The molecule has 2 atom stereocenters. The molecular formula is C9H17N5OS. The molecule has 0 aromatic carbocycles. The van der Waals surface area contributed by atoms with E-state index in [0.717, 1.165) is 24.4 Å². The Morgan fingerprint density at radius 3 is 2.94 bits per heavy atom. The van der Waals surface area contributed by atoms with Crippen LogP contribution in [0, 0.1) is 0 Å². The maximum Gasteiger partial charge on any atom is 0.209 e. The maximum absolute atomic E-state index is 9.29. The number of aromatic nitrogens is 4. The summed E-state index contributed by atoms with van der Waals surface area (Å²) in [5, 5.41) is 21.6.